The van der Waals surface area contributed by atoms with E-state index >= 15 is 0 Å². The summed E-state index contributed by atoms with van der Waals surface area (Å²) in [6.45, 7) is 8.57. The second kappa shape index (κ2) is 3.57. The SMILES string of the molecule is CC=C(C)c1cccc(C)c1C. The monoisotopic (exact) mass is 160 g/mol. The molecule has 0 spiro atoms. The summed E-state index contributed by atoms with van der Waals surface area (Å²) in [5.41, 5.74) is 5.50. The summed E-state index contributed by atoms with van der Waals surface area (Å²) < 4.78 is 0. The van der Waals surface area contributed by atoms with Crippen molar-refractivity contribution in [3.8, 4) is 0 Å². The molecular formula is C12H16. The molecule has 12 heavy (non-hydrogen) atoms. The first-order valence-corrected chi connectivity index (χ1v) is 4.36. The molecule has 0 N–H and O–H groups in total. The zero-order valence-electron chi connectivity index (χ0n) is 8.31. The highest BCUT2D eigenvalue weighted by molar-refractivity contribution is 5.67. The first-order chi connectivity index (χ1) is 5.66. The van der Waals surface area contributed by atoms with Crippen molar-refractivity contribution in [3.63, 3.8) is 0 Å². The lowest BCUT2D eigenvalue weighted by Crippen LogP contribution is -1.88. The van der Waals surface area contributed by atoms with Crippen molar-refractivity contribution >= 4 is 5.57 Å². The topological polar surface area (TPSA) is 0 Å². The molecule has 0 atom stereocenters. The lowest BCUT2D eigenvalue weighted by molar-refractivity contribution is 1.31. The predicted octanol–water partition coefficient (Wildman–Crippen LogP) is 3.73. The Morgan fingerprint density at radius 3 is 2.50 bits per heavy atom. The molecule has 1 aromatic carbocycles. The molecule has 0 saturated heterocycles. The third-order valence-corrected chi connectivity index (χ3v) is 2.46. The molecule has 0 aliphatic heterocycles. The third kappa shape index (κ3) is 1.58. The normalized spacial score (nSPS) is 11.8. The summed E-state index contributed by atoms with van der Waals surface area (Å²) in [6.07, 6.45) is 2.15. The third-order valence-electron chi connectivity index (χ3n) is 2.46. The quantitative estimate of drug-likeness (QED) is 0.587. The lowest BCUT2D eigenvalue weighted by atomic mass is 9.98. The highest BCUT2D eigenvalue weighted by Gasteiger charge is 2.00. The maximum atomic E-state index is 2.18. The van der Waals surface area contributed by atoms with Crippen molar-refractivity contribution < 1.29 is 0 Å². The molecule has 1 aromatic rings. The Morgan fingerprint density at radius 1 is 1.25 bits per heavy atom. The van der Waals surface area contributed by atoms with Gasteiger partial charge >= 0.3 is 0 Å². The Morgan fingerprint density at radius 2 is 1.92 bits per heavy atom. The van der Waals surface area contributed by atoms with Crippen LogP contribution < -0.4 is 0 Å². The van der Waals surface area contributed by atoms with Crippen LogP contribution in [0.2, 0.25) is 0 Å². The van der Waals surface area contributed by atoms with Crippen molar-refractivity contribution in [2.75, 3.05) is 0 Å². The van der Waals surface area contributed by atoms with E-state index in [0.717, 1.165) is 0 Å². The van der Waals surface area contributed by atoms with Gasteiger partial charge in [0.2, 0.25) is 0 Å². The molecule has 0 saturated carbocycles. The van der Waals surface area contributed by atoms with Crippen LogP contribution in [0.1, 0.15) is 30.5 Å². The molecule has 0 bridgehead atoms. The molecule has 0 aromatic heterocycles. The van der Waals surface area contributed by atoms with E-state index in [1.54, 1.807) is 0 Å². The highest BCUT2D eigenvalue weighted by Crippen LogP contribution is 2.20. The summed E-state index contributed by atoms with van der Waals surface area (Å²) in [5.74, 6) is 0. The Balaban J connectivity index is 3.26. The number of rotatable bonds is 1. The minimum absolute atomic E-state index is 1.36. The minimum atomic E-state index is 1.36. The molecule has 0 amide bonds. The molecule has 0 fully saturated rings. The largest absolute Gasteiger partial charge is 0.0841 e. The summed E-state index contributed by atoms with van der Waals surface area (Å²) in [5, 5.41) is 0. The van der Waals surface area contributed by atoms with Crippen LogP contribution >= 0.6 is 0 Å². The number of aryl methyl sites for hydroxylation is 1. The zero-order chi connectivity index (χ0) is 9.14. The number of hydrogen-bond acceptors (Lipinski definition) is 0. The van der Waals surface area contributed by atoms with E-state index in [1.165, 1.54) is 22.3 Å². The van der Waals surface area contributed by atoms with Gasteiger partial charge in [-0.05, 0) is 50.0 Å². The van der Waals surface area contributed by atoms with Crippen molar-refractivity contribution in [1.82, 2.24) is 0 Å². The maximum Gasteiger partial charge on any atom is -0.0199 e. The standard InChI is InChI=1S/C12H16/c1-5-9(2)12-8-6-7-10(3)11(12)4/h5-8H,1-4H3. The minimum Gasteiger partial charge on any atom is -0.0841 e. The van der Waals surface area contributed by atoms with E-state index in [-0.39, 0.29) is 0 Å². The van der Waals surface area contributed by atoms with Crippen molar-refractivity contribution in [2.24, 2.45) is 0 Å². The van der Waals surface area contributed by atoms with E-state index in [2.05, 4.69) is 52.0 Å². The zero-order valence-corrected chi connectivity index (χ0v) is 8.31. The van der Waals surface area contributed by atoms with E-state index in [4.69, 9.17) is 0 Å². The average Bonchev–Trinajstić information content (AvgIpc) is 2.08. The van der Waals surface area contributed by atoms with Gasteiger partial charge in [0.15, 0.2) is 0 Å². The van der Waals surface area contributed by atoms with E-state index in [1.807, 2.05) is 0 Å². The number of allylic oxidation sites excluding steroid dienone is 2. The molecule has 0 unspecified atom stereocenters. The smallest absolute Gasteiger partial charge is 0.0199 e. The van der Waals surface area contributed by atoms with E-state index < -0.39 is 0 Å². The van der Waals surface area contributed by atoms with Crippen molar-refractivity contribution in [3.05, 3.63) is 41.0 Å². The second-order valence-electron chi connectivity index (χ2n) is 3.22. The van der Waals surface area contributed by atoms with Gasteiger partial charge in [-0.3, -0.25) is 0 Å². The Kier molecular flexibility index (Phi) is 2.69. The molecule has 0 aliphatic rings. The molecule has 1 rings (SSSR count). The Hall–Kier alpha value is -1.04. The Labute approximate surface area is 74.9 Å². The van der Waals surface area contributed by atoms with Gasteiger partial charge in [-0.2, -0.15) is 0 Å². The van der Waals surface area contributed by atoms with Crippen LogP contribution in [0.5, 0.6) is 0 Å². The summed E-state index contributed by atoms with van der Waals surface area (Å²) in [4.78, 5) is 0. The van der Waals surface area contributed by atoms with Crippen LogP contribution in [0, 0.1) is 13.8 Å². The highest BCUT2D eigenvalue weighted by atomic mass is 14.1. The molecular weight excluding hydrogens is 144 g/mol. The molecule has 64 valence electrons. The van der Waals surface area contributed by atoms with Gasteiger partial charge in [0, 0.05) is 0 Å². The molecule has 0 radical (unpaired) electrons. The van der Waals surface area contributed by atoms with Gasteiger partial charge in [-0.25, -0.2) is 0 Å². The lowest BCUT2D eigenvalue weighted by Gasteiger charge is -2.07. The van der Waals surface area contributed by atoms with Gasteiger partial charge in [0.1, 0.15) is 0 Å². The van der Waals surface area contributed by atoms with Crippen molar-refractivity contribution in [2.45, 2.75) is 27.7 Å². The van der Waals surface area contributed by atoms with Gasteiger partial charge in [0.25, 0.3) is 0 Å². The van der Waals surface area contributed by atoms with E-state index in [0.29, 0.717) is 0 Å². The fourth-order valence-corrected chi connectivity index (χ4v) is 1.33. The van der Waals surface area contributed by atoms with Gasteiger partial charge in [-0.15, -0.1) is 0 Å². The van der Waals surface area contributed by atoms with E-state index in [9.17, 15) is 0 Å². The molecule has 0 nitrogen and oxygen atoms in total. The fraction of sp³-hybridized carbons (Fsp3) is 0.333. The molecule has 0 heterocycles. The van der Waals surface area contributed by atoms with Crippen molar-refractivity contribution in [1.29, 1.82) is 0 Å². The van der Waals surface area contributed by atoms with Crippen LogP contribution in [-0.4, -0.2) is 0 Å². The number of benzene rings is 1. The van der Waals surface area contributed by atoms with Gasteiger partial charge in [0.05, 0.1) is 0 Å². The van der Waals surface area contributed by atoms with Crippen LogP contribution in [0.15, 0.2) is 24.3 Å². The fourth-order valence-electron chi connectivity index (χ4n) is 1.33. The first kappa shape index (κ1) is 9.05. The summed E-state index contributed by atoms with van der Waals surface area (Å²) in [6, 6.07) is 6.45. The summed E-state index contributed by atoms with van der Waals surface area (Å²) in [7, 11) is 0. The average molecular weight is 160 g/mol. The molecule has 0 aliphatic carbocycles. The van der Waals surface area contributed by atoms with Crippen LogP contribution in [0.3, 0.4) is 0 Å². The second-order valence-corrected chi connectivity index (χ2v) is 3.22. The first-order valence-electron chi connectivity index (χ1n) is 4.36. The predicted molar refractivity (Wildman–Crippen MR) is 55.2 cm³/mol. The van der Waals surface area contributed by atoms with Gasteiger partial charge in [-0.1, -0.05) is 24.3 Å². The van der Waals surface area contributed by atoms with Crippen LogP contribution in [0.4, 0.5) is 0 Å². The maximum absolute atomic E-state index is 2.18. The van der Waals surface area contributed by atoms with Gasteiger partial charge < -0.3 is 0 Å². The van der Waals surface area contributed by atoms with Crippen LogP contribution in [-0.2, 0) is 0 Å². The molecule has 0 heteroatoms. The number of hydrogen-bond donors (Lipinski definition) is 0. The summed E-state index contributed by atoms with van der Waals surface area (Å²) >= 11 is 0. The Bertz CT molecular complexity index is 306. The van der Waals surface area contributed by atoms with Crippen LogP contribution in [0.25, 0.3) is 5.57 Å².